The third-order valence-electron chi connectivity index (χ3n) is 1.93. The number of hydrogen-bond acceptors (Lipinski definition) is 2. The zero-order chi connectivity index (χ0) is 10.6. The summed E-state index contributed by atoms with van der Waals surface area (Å²) in [6, 6.07) is 4.62. The zero-order valence-corrected chi connectivity index (χ0v) is 8.46. The minimum absolute atomic E-state index is 0.229. The maximum Gasteiger partial charge on any atom is 0.126 e. The molecule has 1 unspecified atom stereocenters. The normalized spacial score (nSPS) is 12.6. The van der Waals surface area contributed by atoms with Crippen molar-refractivity contribution in [2.24, 2.45) is 0 Å². The fourth-order valence-corrected chi connectivity index (χ4v) is 1.05. The van der Waals surface area contributed by atoms with Gasteiger partial charge in [0, 0.05) is 6.42 Å². The number of benzene rings is 1. The molecule has 0 aliphatic heterocycles. The largest absolute Gasteiger partial charge is 0.493 e. The van der Waals surface area contributed by atoms with Crippen LogP contribution in [0.15, 0.2) is 18.2 Å². The first-order valence-corrected chi connectivity index (χ1v) is 4.66. The van der Waals surface area contributed by atoms with Crippen LogP contribution in [0.5, 0.6) is 5.75 Å². The Morgan fingerprint density at radius 1 is 1.50 bits per heavy atom. The smallest absolute Gasteiger partial charge is 0.126 e. The lowest BCUT2D eigenvalue weighted by Crippen LogP contribution is -2.07. The lowest BCUT2D eigenvalue weighted by atomic mass is 10.2. The first-order valence-electron chi connectivity index (χ1n) is 4.66. The molecule has 78 valence electrons. The average Bonchev–Trinajstić information content (AvgIpc) is 2.10. The van der Waals surface area contributed by atoms with Gasteiger partial charge in [-0.25, -0.2) is 4.39 Å². The summed E-state index contributed by atoms with van der Waals surface area (Å²) in [5, 5.41) is 8.99. The van der Waals surface area contributed by atoms with Crippen LogP contribution in [0.2, 0.25) is 0 Å². The summed E-state index contributed by atoms with van der Waals surface area (Å²) in [6.45, 7) is 3.85. The van der Waals surface area contributed by atoms with Crippen molar-refractivity contribution in [2.45, 2.75) is 26.4 Å². The Kier molecular flexibility index (Phi) is 3.89. The Labute approximate surface area is 83.3 Å². The van der Waals surface area contributed by atoms with E-state index in [1.807, 2.05) is 0 Å². The van der Waals surface area contributed by atoms with Crippen LogP contribution in [-0.4, -0.2) is 17.8 Å². The molecule has 0 amide bonds. The predicted molar refractivity (Wildman–Crippen MR) is 52.9 cm³/mol. The predicted octanol–water partition coefficient (Wildman–Crippen LogP) is 2.28. The first kappa shape index (κ1) is 11.0. The highest BCUT2D eigenvalue weighted by Crippen LogP contribution is 2.16. The van der Waals surface area contributed by atoms with E-state index in [1.165, 1.54) is 6.07 Å². The Morgan fingerprint density at radius 3 is 2.79 bits per heavy atom. The Morgan fingerprint density at radius 2 is 2.21 bits per heavy atom. The molecule has 0 heterocycles. The summed E-state index contributed by atoms with van der Waals surface area (Å²) >= 11 is 0. The fraction of sp³-hybridized carbons (Fsp3) is 0.455. The van der Waals surface area contributed by atoms with Gasteiger partial charge >= 0.3 is 0 Å². The van der Waals surface area contributed by atoms with Crippen molar-refractivity contribution in [2.75, 3.05) is 6.61 Å². The van der Waals surface area contributed by atoms with Gasteiger partial charge in [-0.2, -0.15) is 0 Å². The van der Waals surface area contributed by atoms with Crippen molar-refractivity contribution in [1.29, 1.82) is 0 Å². The molecule has 1 rings (SSSR count). The fourth-order valence-electron chi connectivity index (χ4n) is 1.05. The molecule has 1 N–H and O–H groups in total. The van der Waals surface area contributed by atoms with E-state index in [0.29, 0.717) is 24.3 Å². The molecule has 3 heteroatoms. The van der Waals surface area contributed by atoms with Crippen LogP contribution in [0.3, 0.4) is 0 Å². The van der Waals surface area contributed by atoms with Crippen molar-refractivity contribution in [3.63, 3.8) is 0 Å². The SMILES string of the molecule is Cc1cc(OCCC(C)O)ccc1F. The van der Waals surface area contributed by atoms with Crippen LogP contribution in [0.1, 0.15) is 18.9 Å². The zero-order valence-electron chi connectivity index (χ0n) is 8.46. The summed E-state index contributed by atoms with van der Waals surface area (Å²) in [5.41, 5.74) is 0.569. The lowest BCUT2D eigenvalue weighted by molar-refractivity contribution is 0.155. The molecule has 0 fully saturated rings. The van der Waals surface area contributed by atoms with E-state index in [0.717, 1.165) is 0 Å². The molecule has 2 nitrogen and oxygen atoms in total. The van der Waals surface area contributed by atoms with Gasteiger partial charge in [-0.1, -0.05) is 0 Å². The second kappa shape index (κ2) is 4.96. The highest BCUT2D eigenvalue weighted by molar-refractivity contribution is 5.28. The number of aryl methyl sites for hydroxylation is 1. The van der Waals surface area contributed by atoms with Crippen LogP contribution >= 0.6 is 0 Å². The second-order valence-electron chi connectivity index (χ2n) is 3.40. The molecule has 0 bridgehead atoms. The van der Waals surface area contributed by atoms with Crippen molar-refractivity contribution >= 4 is 0 Å². The van der Waals surface area contributed by atoms with Crippen LogP contribution < -0.4 is 4.74 Å². The van der Waals surface area contributed by atoms with E-state index < -0.39 is 0 Å². The standard InChI is InChI=1S/C11H15FO2/c1-8-7-10(3-4-11(8)12)14-6-5-9(2)13/h3-4,7,9,13H,5-6H2,1-2H3. The first-order chi connectivity index (χ1) is 6.59. The van der Waals surface area contributed by atoms with Gasteiger partial charge in [0.1, 0.15) is 11.6 Å². The summed E-state index contributed by atoms with van der Waals surface area (Å²) < 4.78 is 18.2. The van der Waals surface area contributed by atoms with E-state index in [2.05, 4.69) is 0 Å². The minimum atomic E-state index is -0.364. The maximum absolute atomic E-state index is 12.9. The van der Waals surface area contributed by atoms with E-state index in [1.54, 1.807) is 26.0 Å². The Hall–Kier alpha value is -1.09. The molecule has 0 spiro atoms. The number of rotatable bonds is 4. The maximum atomic E-state index is 12.9. The lowest BCUT2D eigenvalue weighted by Gasteiger charge is -2.08. The van der Waals surface area contributed by atoms with Crippen LogP contribution in [0, 0.1) is 12.7 Å². The summed E-state index contributed by atoms with van der Waals surface area (Å²) in [5.74, 6) is 0.414. The molecule has 14 heavy (non-hydrogen) atoms. The van der Waals surface area contributed by atoms with Gasteiger partial charge in [0.15, 0.2) is 0 Å². The summed E-state index contributed by atoms with van der Waals surface area (Å²) in [4.78, 5) is 0. The molecule has 0 aliphatic rings. The second-order valence-corrected chi connectivity index (χ2v) is 3.40. The quantitative estimate of drug-likeness (QED) is 0.804. The van der Waals surface area contributed by atoms with E-state index in [4.69, 9.17) is 9.84 Å². The van der Waals surface area contributed by atoms with Gasteiger partial charge in [0.25, 0.3) is 0 Å². The number of aliphatic hydroxyl groups excluding tert-OH is 1. The van der Waals surface area contributed by atoms with Gasteiger partial charge in [0.05, 0.1) is 12.7 Å². The third kappa shape index (κ3) is 3.34. The van der Waals surface area contributed by atoms with Crippen molar-refractivity contribution < 1.29 is 14.2 Å². The van der Waals surface area contributed by atoms with Gasteiger partial charge in [0.2, 0.25) is 0 Å². The van der Waals surface area contributed by atoms with Crippen molar-refractivity contribution in [3.05, 3.63) is 29.6 Å². The van der Waals surface area contributed by atoms with Crippen molar-refractivity contribution in [1.82, 2.24) is 0 Å². The Bertz CT molecular complexity index is 297. The highest BCUT2D eigenvalue weighted by atomic mass is 19.1. The van der Waals surface area contributed by atoms with Crippen molar-refractivity contribution in [3.8, 4) is 5.75 Å². The third-order valence-corrected chi connectivity index (χ3v) is 1.93. The minimum Gasteiger partial charge on any atom is -0.493 e. The van der Waals surface area contributed by atoms with Gasteiger partial charge in [-0.15, -0.1) is 0 Å². The molecule has 0 radical (unpaired) electrons. The molecule has 0 aliphatic carbocycles. The molecule has 0 aromatic heterocycles. The van der Waals surface area contributed by atoms with Crippen LogP contribution in [-0.2, 0) is 0 Å². The molecule has 1 aromatic carbocycles. The van der Waals surface area contributed by atoms with E-state index in [-0.39, 0.29) is 11.9 Å². The molecule has 0 saturated carbocycles. The van der Waals surface area contributed by atoms with Crippen LogP contribution in [0.4, 0.5) is 4.39 Å². The monoisotopic (exact) mass is 198 g/mol. The average molecular weight is 198 g/mol. The molecule has 1 aromatic rings. The van der Waals surface area contributed by atoms with Gasteiger partial charge in [-0.3, -0.25) is 0 Å². The van der Waals surface area contributed by atoms with E-state index >= 15 is 0 Å². The molecular weight excluding hydrogens is 183 g/mol. The summed E-state index contributed by atoms with van der Waals surface area (Å²) in [7, 11) is 0. The van der Waals surface area contributed by atoms with Gasteiger partial charge < -0.3 is 9.84 Å². The van der Waals surface area contributed by atoms with E-state index in [9.17, 15) is 4.39 Å². The number of aliphatic hydroxyl groups is 1. The van der Waals surface area contributed by atoms with Gasteiger partial charge in [-0.05, 0) is 37.6 Å². The van der Waals surface area contributed by atoms with Crippen LogP contribution in [0.25, 0.3) is 0 Å². The Balaban J connectivity index is 2.47. The topological polar surface area (TPSA) is 29.5 Å². The molecule has 1 atom stereocenters. The highest BCUT2D eigenvalue weighted by Gasteiger charge is 2.00. The number of halogens is 1. The molecular formula is C11H15FO2. The number of hydrogen-bond donors (Lipinski definition) is 1. The molecule has 0 saturated heterocycles. The number of ether oxygens (including phenoxy) is 1. The summed E-state index contributed by atoms with van der Waals surface area (Å²) in [6.07, 6.45) is 0.215.